The number of hydrogen-bond acceptors (Lipinski definition) is 4. The Morgan fingerprint density at radius 2 is 1.96 bits per heavy atom. The maximum atomic E-state index is 6.13. The number of ether oxygens (including phenoxy) is 3. The summed E-state index contributed by atoms with van der Waals surface area (Å²) in [6.45, 7) is 5.68. The molecule has 150 valence electrons. The van der Waals surface area contributed by atoms with Gasteiger partial charge in [-0.3, -0.25) is 0 Å². The van der Waals surface area contributed by atoms with Crippen LogP contribution in [0.15, 0.2) is 53.5 Å². The summed E-state index contributed by atoms with van der Waals surface area (Å²) in [5, 5.41) is 3.32. The molecule has 1 unspecified atom stereocenters. The van der Waals surface area contributed by atoms with Crippen molar-refractivity contribution in [2.45, 2.75) is 32.5 Å². The largest absolute Gasteiger partial charge is 0.493 e. The third-order valence-corrected chi connectivity index (χ3v) is 4.55. The first-order chi connectivity index (χ1) is 13.8. The van der Waals surface area contributed by atoms with Crippen LogP contribution >= 0.6 is 0 Å². The van der Waals surface area contributed by atoms with E-state index < -0.39 is 0 Å². The molecule has 3 rings (SSSR count). The first-order valence-electron chi connectivity index (χ1n) is 9.77. The molecule has 0 radical (unpaired) electrons. The van der Waals surface area contributed by atoms with E-state index in [1.165, 1.54) is 0 Å². The third kappa shape index (κ3) is 5.97. The highest BCUT2D eigenvalue weighted by atomic mass is 16.5. The van der Waals surface area contributed by atoms with Gasteiger partial charge < -0.3 is 25.3 Å². The van der Waals surface area contributed by atoms with Crippen molar-refractivity contribution in [3.05, 3.63) is 65.2 Å². The zero-order valence-electron chi connectivity index (χ0n) is 16.4. The molecular weight excluding hydrogens is 354 g/mol. The third-order valence-electron chi connectivity index (χ3n) is 4.55. The predicted molar refractivity (Wildman–Crippen MR) is 110 cm³/mol. The van der Waals surface area contributed by atoms with Crippen molar-refractivity contribution in [2.24, 2.45) is 10.7 Å². The molecule has 0 fully saturated rings. The van der Waals surface area contributed by atoms with Gasteiger partial charge in [0.15, 0.2) is 5.96 Å². The summed E-state index contributed by atoms with van der Waals surface area (Å²) in [7, 11) is 0. The molecule has 1 aliphatic rings. The number of aliphatic imine (C=N–C) groups is 1. The van der Waals surface area contributed by atoms with Gasteiger partial charge in [-0.1, -0.05) is 42.5 Å². The number of hydrogen-bond donors (Lipinski definition) is 2. The Morgan fingerprint density at radius 3 is 2.86 bits per heavy atom. The molecule has 0 saturated carbocycles. The molecule has 0 spiro atoms. The number of fused-ring (bicyclic) bond motifs is 1. The number of benzene rings is 2. The molecule has 0 amide bonds. The summed E-state index contributed by atoms with van der Waals surface area (Å²) < 4.78 is 16.6. The average Bonchev–Trinajstić information content (AvgIpc) is 2.73. The van der Waals surface area contributed by atoms with E-state index in [0.29, 0.717) is 45.5 Å². The molecule has 0 saturated heterocycles. The van der Waals surface area contributed by atoms with Crippen molar-refractivity contribution in [1.29, 1.82) is 0 Å². The van der Waals surface area contributed by atoms with Crippen molar-refractivity contribution in [1.82, 2.24) is 5.32 Å². The standard InChI is InChI=1S/C22H29N3O3/c1-2-26-12-13-27-16-18-7-5-6-17(14-18)15-24-22(23)25-20-10-11-28-21-9-4-3-8-19(20)21/h3-9,14,20H,2,10-13,15-16H2,1H3,(H3,23,24,25). The smallest absolute Gasteiger partial charge is 0.189 e. The topological polar surface area (TPSA) is 78.1 Å². The van der Waals surface area contributed by atoms with Gasteiger partial charge >= 0.3 is 0 Å². The Balaban J connectivity index is 1.52. The van der Waals surface area contributed by atoms with Crippen LogP contribution < -0.4 is 15.8 Å². The van der Waals surface area contributed by atoms with Crippen LogP contribution in [-0.2, 0) is 22.6 Å². The van der Waals surface area contributed by atoms with Gasteiger partial charge in [-0.05, 0) is 24.1 Å². The van der Waals surface area contributed by atoms with Gasteiger partial charge in [-0.15, -0.1) is 0 Å². The Kier molecular flexibility index (Phi) is 7.70. The van der Waals surface area contributed by atoms with Gasteiger partial charge in [0.2, 0.25) is 0 Å². The highest BCUT2D eigenvalue weighted by Crippen LogP contribution is 2.31. The second-order valence-electron chi connectivity index (χ2n) is 6.64. The minimum atomic E-state index is 0.124. The second kappa shape index (κ2) is 10.7. The van der Waals surface area contributed by atoms with Gasteiger partial charge in [-0.25, -0.2) is 4.99 Å². The van der Waals surface area contributed by atoms with Crippen molar-refractivity contribution in [3.63, 3.8) is 0 Å². The van der Waals surface area contributed by atoms with Crippen molar-refractivity contribution >= 4 is 5.96 Å². The van der Waals surface area contributed by atoms with Gasteiger partial charge in [0.25, 0.3) is 0 Å². The fourth-order valence-electron chi connectivity index (χ4n) is 3.16. The normalized spacial score (nSPS) is 16.3. The molecule has 3 N–H and O–H groups in total. The van der Waals surface area contributed by atoms with Gasteiger partial charge in [0, 0.05) is 18.6 Å². The summed E-state index contributed by atoms with van der Waals surface area (Å²) in [5.74, 6) is 1.36. The zero-order chi connectivity index (χ0) is 19.6. The molecule has 0 aliphatic carbocycles. The molecule has 1 heterocycles. The van der Waals surface area contributed by atoms with E-state index in [1.54, 1.807) is 0 Å². The van der Waals surface area contributed by atoms with Crippen LogP contribution in [0.3, 0.4) is 0 Å². The maximum absolute atomic E-state index is 6.13. The minimum Gasteiger partial charge on any atom is -0.493 e. The van der Waals surface area contributed by atoms with Crippen LogP contribution in [0.2, 0.25) is 0 Å². The SMILES string of the molecule is CCOCCOCc1cccc(CN=C(N)NC2CCOc3ccccc32)c1. The van der Waals surface area contributed by atoms with Gasteiger partial charge in [0.05, 0.1) is 39.0 Å². The molecule has 0 bridgehead atoms. The Morgan fingerprint density at radius 1 is 1.14 bits per heavy atom. The van der Waals surface area contributed by atoms with Crippen LogP contribution in [0.1, 0.15) is 36.1 Å². The molecule has 1 aliphatic heterocycles. The van der Waals surface area contributed by atoms with E-state index in [9.17, 15) is 0 Å². The Bertz CT molecular complexity index is 779. The maximum Gasteiger partial charge on any atom is 0.189 e. The van der Waals surface area contributed by atoms with E-state index in [2.05, 4.69) is 28.5 Å². The van der Waals surface area contributed by atoms with E-state index in [0.717, 1.165) is 28.9 Å². The molecule has 2 aromatic carbocycles. The van der Waals surface area contributed by atoms with Crippen LogP contribution in [0, 0.1) is 0 Å². The van der Waals surface area contributed by atoms with Crippen LogP contribution in [0.5, 0.6) is 5.75 Å². The van der Waals surface area contributed by atoms with E-state index in [1.807, 2.05) is 37.3 Å². The molecule has 6 heteroatoms. The molecule has 28 heavy (non-hydrogen) atoms. The highest BCUT2D eigenvalue weighted by Gasteiger charge is 2.21. The molecule has 1 atom stereocenters. The van der Waals surface area contributed by atoms with Crippen molar-refractivity contribution < 1.29 is 14.2 Å². The van der Waals surface area contributed by atoms with E-state index in [4.69, 9.17) is 19.9 Å². The van der Waals surface area contributed by atoms with Gasteiger partial charge in [0.1, 0.15) is 5.75 Å². The molecular formula is C22H29N3O3. The van der Waals surface area contributed by atoms with Gasteiger partial charge in [-0.2, -0.15) is 0 Å². The molecule has 6 nitrogen and oxygen atoms in total. The quantitative estimate of drug-likeness (QED) is 0.395. The number of guanidine groups is 1. The first-order valence-corrected chi connectivity index (χ1v) is 9.77. The number of rotatable bonds is 9. The molecule has 2 aromatic rings. The number of nitrogens with zero attached hydrogens (tertiary/aromatic N) is 1. The average molecular weight is 383 g/mol. The summed E-state index contributed by atoms with van der Waals surface area (Å²) in [4.78, 5) is 4.51. The van der Waals surface area contributed by atoms with Crippen molar-refractivity contribution in [3.8, 4) is 5.75 Å². The number of para-hydroxylation sites is 1. The monoisotopic (exact) mass is 383 g/mol. The predicted octanol–water partition coefficient (Wildman–Crippen LogP) is 3.17. The van der Waals surface area contributed by atoms with Crippen LogP contribution in [0.4, 0.5) is 0 Å². The highest BCUT2D eigenvalue weighted by molar-refractivity contribution is 5.78. The zero-order valence-corrected chi connectivity index (χ0v) is 16.4. The van der Waals surface area contributed by atoms with Crippen LogP contribution in [-0.4, -0.2) is 32.4 Å². The van der Waals surface area contributed by atoms with Crippen LogP contribution in [0.25, 0.3) is 0 Å². The lowest BCUT2D eigenvalue weighted by atomic mass is 10.0. The van der Waals surface area contributed by atoms with Crippen molar-refractivity contribution in [2.75, 3.05) is 26.4 Å². The summed E-state index contributed by atoms with van der Waals surface area (Å²) in [5.41, 5.74) is 9.48. The second-order valence-corrected chi connectivity index (χ2v) is 6.64. The lowest BCUT2D eigenvalue weighted by Crippen LogP contribution is -2.37. The minimum absolute atomic E-state index is 0.124. The number of nitrogens with one attached hydrogen (secondary N) is 1. The van der Waals surface area contributed by atoms with E-state index in [-0.39, 0.29) is 6.04 Å². The summed E-state index contributed by atoms with van der Waals surface area (Å²) in [6, 6.07) is 16.4. The van der Waals surface area contributed by atoms with E-state index >= 15 is 0 Å². The Hall–Kier alpha value is -2.57. The fourth-order valence-corrected chi connectivity index (χ4v) is 3.16. The lowest BCUT2D eigenvalue weighted by molar-refractivity contribution is 0.0453. The fraction of sp³-hybridized carbons (Fsp3) is 0.409. The molecule has 0 aromatic heterocycles. The number of nitrogens with two attached hydrogens (primary N) is 1. The first kappa shape index (κ1) is 20.2. The lowest BCUT2D eigenvalue weighted by Gasteiger charge is -2.26. The summed E-state index contributed by atoms with van der Waals surface area (Å²) >= 11 is 0. The summed E-state index contributed by atoms with van der Waals surface area (Å²) in [6.07, 6.45) is 0.863. The Labute approximate surface area is 166 Å².